The van der Waals surface area contributed by atoms with E-state index in [1.165, 1.54) is 6.07 Å². The van der Waals surface area contributed by atoms with Crippen LogP contribution in [0.5, 0.6) is 0 Å². The monoisotopic (exact) mass is 373 g/mol. The number of anilines is 1. The predicted molar refractivity (Wildman–Crippen MR) is 99.4 cm³/mol. The van der Waals surface area contributed by atoms with Crippen molar-refractivity contribution < 1.29 is 14.7 Å². The zero-order valence-electron chi connectivity index (χ0n) is 14.2. The third kappa shape index (κ3) is 4.52. The van der Waals surface area contributed by atoms with Crippen molar-refractivity contribution >= 4 is 29.3 Å². The Balaban J connectivity index is 1.50. The predicted octanol–water partition coefficient (Wildman–Crippen LogP) is 2.97. The molecule has 1 amide bonds. The zero-order valence-corrected chi connectivity index (χ0v) is 14.9. The lowest BCUT2D eigenvalue weighted by Gasteiger charge is -2.32. The fourth-order valence-electron chi connectivity index (χ4n) is 3.07. The molecule has 136 valence electrons. The number of hydrogen-bond acceptors (Lipinski definition) is 4. The number of piperidine rings is 1. The summed E-state index contributed by atoms with van der Waals surface area (Å²) >= 11 is 5.86. The van der Waals surface area contributed by atoms with Crippen molar-refractivity contribution in [1.29, 1.82) is 0 Å². The van der Waals surface area contributed by atoms with Crippen LogP contribution in [0.15, 0.2) is 42.6 Å². The number of amides is 1. The number of rotatable bonds is 5. The molecule has 6 nitrogen and oxygen atoms in total. The standard InChI is InChI=1S/C19H20ClN3O3/c20-16-4-5-17(21-12-16)23-8-6-14(7-9-23)18(24)22-11-13-2-1-3-15(10-13)19(25)26/h1-5,10,12,14H,6-9,11H2,(H,22,24)(H,25,26). The number of aromatic carboxylic acids is 1. The first-order chi connectivity index (χ1) is 12.5. The Morgan fingerprint density at radius 1 is 1.23 bits per heavy atom. The van der Waals surface area contributed by atoms with E-state index in [-0.39, 0.29) is 17.4 Å². The van der Waals surface area contributed by atoms with E-state index in [0.29, 0.717) is 11.6 Å². The number of hydrogen-bond donors (Lipinski definition) is 2. The lowest BCUT2D eigenvalue weighted by molar-refractivity contribution is -0.125. The van der Waals surface area contributed by atoms with Gasteiger partial charge in [0.05, 0.1) is 10.6 Å². The molecule has 0 atom stereocenters. The second-order valence-electron chi connectivity index (χ2n) is 6.32. The zero-order chi connectivity index (χ0) is 18.5. The van der Waals surface area contributed by atoms with Crippen molar-refractivity contribution in [2.24, 2.45) is 5.92 Å². The number of aromatic nitrogens is 1. The molecule has 0 saturated carbocycles. The molecule has 1 saturated heterocycles. The van der Waals surface area contributed by atoms with E-state index >= 15 is 0 Å². The van der Waals surface area contributed by atoms with Gasteiger partial charge in [0.15, 0.2) is 0 Å². The maximum absolute atomic E-state index is 12.4. The van der Waals surface area contributed by atoms with Crippen molar-refractivity contribution in [2.75, 3.05) is 18.0 Å². The Kier molecular flexibility index (Phi) is 5.73. The Morgan fingerprint density at radius 3 is 2.65 bits per heavy atom. The molecule has 3 rings (SSSR count). The number of nitrogens with zero attached hydrogens (tertiary/aromatic N) is 2. The summed E-state index contributed by atoms with van der Waals surface area (Å²) in [6.45, 7) is 1.86. The van der Waals surface area contributed by atoms with Crippen LogP contribution in [0, 0.1) is 5.92 Å². The number of pyridine rings is 1. The van der Waals surface area contributed by atoms with Crippen LogP contribution in [-0.2, 0) is 11.3 Å². The molecule has 1 aliphatic heterocycles. The summed E-state index contributed by atoms with van der Waals surface area (Å²) < 4.78 is 0. The molecule has 7 heteroatoms. The first-order valence-corrected chi connectivity index (χ1v) is 8.87. The minimum absolute atomic E-state index is 0.00874. The smallest absolute Gasteiger partial charge is 0.335 e. The van der Waals surface area contributed by atoms with Gasteiger partial charge in [-0.25, -0.2) is 9.78 Å². The van der Waals surface area contributed by atoms with Gasteiger partial charge in [-0.15, -0.1) is 0 Å². The van der Waals surface area contributed by atoms with Gasteiger partial charge in [0.2, 0.25) is 5.91 Å². The van der Waals surface area contributed by atoms with Gasteiger partial charge in [0.1, 0.15) is 5.82 Å². The van der Waals surface area contributed by atoms with Crippen LogP contribution in [0.1, 0.15) is 28.8 Å². The van der Waals surface area contributed by atoms with Crippen LogP contribution in [0.2, 0.25) is 5.02 Å². The van der Waals surface area contributed by atoms with Crippen molar-refractivity contribution in [3.05, 3.63) is 58.7 Å². The highest BCUT2D eigenvalue weighted by atomic mass is 35.5. The highest BCUT2D eigenvalue weighted by Gasteiger charge is 2.25. The van der Waals surface area contributed by atoms with Crippen molar-refractivity contribution in [3.63, 3.8) is 0 Å². The number of carboxylic acids is 1. The molecular formula is C19H20ClN3O3. The highest BCUT2D eigenvalue weighted by Crippen LogP contribution is 2.23. The molecule has 2 N–H and O–H groups in total. The normalized spacial score (nSPS) is 14.9. The maximum Gasteiger partial charge on any atom is 0.335 e. The van der Waals surface area contributed by atoms with E-state index in [4.69, 9.17) is 16.7 Å². The van der Waals surface area contributed by atoms with Crippen molar-refractivity contribution in [2.45, 2.75) is 19.4 Å². The number of halogens is 1. The molecule has 1 aliphatic rings. The Bertz CT molecular complexity index is 787. The summed E-state index contributed by atoms with van der Waals surface area (Å²) in [7, 11) is 0. The molecule has 0 bridgehead atoms. The summed E-state index contributed by atoms with van der Waals surface area (Å²) in [5.41, 5.74) is 1.00. The third-order valence-corrected chi connectivity index (χ3v) is 4.77. The van der Waals surface area contributed by atoms with Gasteiger partial charge in [-0.2, -0.15) is 0 Å². The SMILES string of the molecule is O=C(O)c1cccc(CNC(=O)C2CCN(c3ccc(Cl)cn3)CC2)c1. The van der Waals surface area contributed by atoms with E-state index < -0.39 is 5.97 Å². The molecule has 1 aromatic carbocycles. The average molecular weight is 374 g/mol. The highest BCUT2D eigenvalue weighted by molar-refractivity contribution is 6.30. The van der Waals surface area contributed by atoms with Crippen LogP contribution < -0.4 is 10.2 Å². The Labute approximate surface area is 156 Å². The van der Waals surface area contributed by atoms with Crippen LogP contribution in [0.25, 0.3) is 0 Å². The number of benzene rings is 1. The van der Waals surface area contributed by atoms with Gasteiger partial charge < -0.3 is 15.3 Å². The number of nitrogens with one attached hydrogen (secondary N) is 1. The van der Waals surface area contributed by atoms with Crippen molar-refractivity contribution in [1.82, 2.24) is 10.3 Å². The van der Waals surface area contributed by atoms with Crippen LogP contribution in [0.4, 0.5) is 5.82 Å². The minimum atomic E-state index is -0.971. The molecule has 2 aromatic rings. The second-order valence-corrected chi connectivity index (χ2v) is 6.76. The van der Waals surface area contributed by atoms with E-state index in [0.717, 1.165) is 37.3 Å². The summed E-state index contributed by atoms with van der Waals surface area (Å²) in [4.78, 5) is 29.9. The quantitative estimate of drug-likeness (QED) is 0.842. The van der Waals surface area contributed by atoms with Crippen LogP contribution in [-0.4, -0.2) is 35.1 Å². The third-order valence-electron chi connectivity index (χ3n) is 4.54. The van der Waals surface area contributed by atoms with Crippen molar-refractivity contribution in [3.8, 4) is 0 Å². The topological polar surface area (TPSA) is 82.5 Å². The molecule has 1 fully saturated rings. The Morgan fingerprint density at radius 2 is 2.00 bits per heavy atom. The molecular weight excluding hydrogens is 354 g/mol. The van der Waals surface area contributed by atoms with Gasteiger partial charge in [0, 0.05) is 31.7 Å². The van der Waals surface area contributed by atoms with E-state index in [1.807, 2.05) is 18.2 Å². The summed E-state index contributed by atoms with van der Waals surface area (Å²) in [5, 5.41) is 12.5. The second kappa shape index (κ2) is 8.19. The molecule has 0 spiro atoms. The summed E-state index contributed by atoms with van der Waals surface area (Å²) in [6, 6.07) is 10.3. The molecule has 1 aromatic heterocycles. The molecule has 0 unspecified atom stereocenters. The Hall–Kier alpha value is -2.60. The summed E-state index contributed by atoms with van der Waals surface area (Å²) in [6.07, 6.45) is 3.14. The fraction of sp³-hybridized carbons (Fsp3) is 0.316. The molecule has 2 heterocycles. The first-order valence-electron chi connectivity index (χ1n) is 8.49. The lowest BCUT2D eigenvalue weighted by atomic mass is 9.95. The van der Waals surface area contributed by atoms with E-state index in [9.17, 15) is 9.59 Å². The summed E-state index contributed by atoms with van der Waals surface area (Å²) in [5.74, 6) is -0.129. The minimum Gasteiger partial charge on any atom is -0.478 e. The first kappa shape index (κ1) is 18.2. The number of carbonyl (C=O) groups excluding carboxylic acids is 1. The van der Waals surface area contributed by atoms with Gasteiger partial charge in [0.25, 0.3) is 0 Å². The molecule has 0 radical (unpaired) electrons. The van der Waals surface area contributed by atoms with Crippen LogP contribution >= 0.6 is 11.6 Å². The van der Waals surface area contributed by atoms with Gasteiger partial charge in [-0.05, 0) is 42.7 Å². The largest absolute Gasteiger partial charge is 0.478 e. The van der Waals surface area contributed by atoms with Gasteiger partial charge >= 0.3 is 5.97 Å². The maximum atomic E-state index is 12.4. The molecule has 0 aliphatic carbocycles. The fourth-order valence-corrected chi connectivity index (χ4v) is 3.19. The van der Waals surface area contributed by atoms with Gasteiger partial charge in [-0.1, -0.05) is 23.7 Å². The van der Waals surface area contributed by atoms with Gasteiger partial charge in [-0.3, -0.25) is 4.79 Å². The number of carbonyl (C=O) groups is 2. The van der Waals surface area contributed by atoms with Crippen LogP contribution in [0.3, 0.4) is 0 Å². The van der Waals surface area contributed by atoms with E-state index in [2.05, 4.69) is 15.2 Å². The lowest BCUT2D eigenvalue weighted by Crippen LogP contribution is -2.40. The van der Waals surface area contributed by atoms with E-state index in [1.54, 1.807) is 18.3 Å². The number of carboxylic acid groups (broad SMARTS) is 1. The average Bonchev–Trinajstić information content (AvgIpc) is 2.67. The molecule has 26 heavy (non-hydrogen) atoms.